The number of fused-ring (bicyclic) bond motifs is 1. The lowest BCUT2D eigenvalue weighted by Gasteiger charge is -2.17. The molecule has 8 nitrogen and oxygen atoms in total. The summed E-state index contributed by atoms with van der Waals surface area (Å²) in [6.45, 7) is 3.25. The molecule has 150 valence electrons. The third-order valence-electron chi connectivity index (χ3n) is 4.73. The molecule has 2 aromatic rings. The van der Waals surface area contributed by atoms with E-state index in [9.17, 15) is 9.59 Å². The van der Waals surface area contributed by atoms with E-state index in [1.165, 1.54) is 7.11 Å². The molecule has 0 bridgehead atoms. The van der Waals surface area contributed by atoms with Gasteiger partial charge in [0.1, 0.15) is 11.5 Å². The molecule has 0 spiro atoms. The summed E-state index contributed by atoms with van der Waals surface area (Å²) in [7, 11) is 3.09. The van der Waals surface area contributed by atoms with Gasteiger partial charge in [-0.05, 0) is 37.8 Å². The van der Waals surface area contributed by atoms with Crippen LogP contribution < -0.4 is 20.1 Å². The maximum absolute atomic E-state index is 13.0. The van der Waals surface area contributed by atoms with Crippen molar-refractivity contribution in [3.8, 4) is 11.5 Å². The number of rotatable bonds is 7. The lowest BCUT2D eigenvalue weighted by atomic mass is 10.1. The molecule has 0 saturated heterocycles. The van der Waals surface area contributed by atoms with Crippen LogP contribution in [0.2, 0.25) is 0 Å². The Labute approximate surface area is 164 Å². The predicted molar refractivity (Wildman–Crippen MR) is 105 cm³/mol. The number of anilines is 1. The van der Waals surface area contributed by atoms with Crippen LogP contribution in [-0.2, 0) is 13.0 Å². The molecule has 3 rings (SSSR count). The van der Waals surface area contributed by atoms with Gasteiger partial charge >= 0.3 is 0 Å². The second-order valence-corrected chi connectivity index (χ2v) is 6.62. The van der Waals surface area contributed by atoms with Crippen molar-refractivity contribution in [1.82, 2.24) is 14.9 Å². The highest BCUT2D eigenvalue weighted by Crippen LogP contribution is 2.30. The molecule has 0 aliphatic carbocycles. The quantitative estimate of drug-likeness (QED) is 0.763. The van der Waals surface area contributed by atoms with E-state index in [-0.39, 0.29) is 17.5 Å². The van der Waals surface area contributed by atoms with Crippen LogP contribution in [0.5, 0.6) is 11.5 Å². The summed E-state index contributed by atoms with van der Waals surface area (Å²) in [5.74, 6) is 0.798. The molecule has 2 amide bonds. The Bertz CT molecular complexity index is 875. The zero-order valence-corrected chi connectivity index (χ0v) is 16.5. The molecule has 0 atom stereocenters. The van der Waals surface area contributed by atoms with Gasteiger partial charge in [-0.1, -0.05) is 6.92 Å². The average molecular weight is 386 g/mol. The average Bonchev–Trinajstić information content (AvgIpc) is 3.12. The van der Waals surface area contributed by atoms with Crippen molar-refractivity contribution in [2.24, 2.45) is 0 Å². The number of hydrogen-bond donors (Lipinski definition) is 2. The molecule has 0 unspecified atom stereocenters. The first-order chi connectivity index (χ1) is 13.6. The van der Waals surface area contributed by atoms with Gasteiger partial charge in [0.15, 0.2) is 11.5 Å². The van der Waals surface area contributed by atoms with Gasteiger partial charge in [-0.25, -0.2) is 4.98 Å². The molecular weight excluding hydrogens is 360 g/mol. The fraction of sp³-hybridized carbons (Fsp3) is 0.450. The van der Waals surface area contributed by atoms with Crippen LogP contribution in [0.25, 0.3) is 0 Å². The van der Waals surface area contributed by atoms with E-state index in [4.69, 9.17) is 9.47 Å². The molecule has 0 saturated carbocycles. The summed E-state index contributed by atoms with van der Waals surface area (Å²) in [4.78, 5) is 29.9. The highest BCUT2D eigenvalue weighted by atomic mass is 16.5. The first-order valence-electron chi connectivity index (χ1n) is 9.50. The molecule has 8 heteroatoms. The van der Waals surface area contributed by atoms with Crippen molar-refractivity contribution in [1.29, 1.82) is 0 Å². The van der Waals surface area contributed by atoms with E-state index in [1.807, 2.05) is 11.5 Å². The number of hydrogen-bond acceptors (Lipinski definition) is 5. The molecular formula is C20H26N4O4. The minimum atomic E-state index is -0.369. The number of ether oxygens (including phenoxy) is 2. The van der Waals surface area contributed by atoms with Crippen LogP contribution in [0.3, 0.4) is 0 Å². The number of carbonyl (C=O) groups is 2. The van der Waals surface area contributed by atoms with Gasteiger partial charge in [0.25, 0.3) is 11.8 Å². The minimum absolute atomic E-state index is 0.247. The van der Waals surface area contributed by atoms with E-state index >= 15 is 0 Å². The second-order valence-electron chi connectivity index (χ2n) is 6.62. The number of methoxy groups -OCH3 is 2. The van der Waals surface area contributed by atoms with Crippen molar-refractivity contribution >= 4 is 17.5 Å². The third kappa shape index (κ3) is 3.95. The van der Waals surface area contributed by atoms with Gasteiger partial charge in [-0.3, -0.25) is 9.59 Å². The largest absolute Gasteiger partial charge is 0.497 e. The number of amides is 2. The molecule has 0 fully saturated rings. The summed E-state index contributed by atoms with van der Waals surface area (Å²) in [6.07, 6.45) is 3.47. The molecule has 1 aliphatic rings. The van der Waals surface area contributed by atoms with E-state index in [0.29, 0.717) is 42.5 Å². The summed E-state index contributed by atoms with van der Waals surface area (Å²) in [5, 5.41) is 5.69. The summed E-state index contributed by atoms with van der Waals surface area (Å²) in [6, 6.07) is 5.16. The number of aromatic nitrogens is 2. The molecule has 0 radical (unpaired) electrons. The van der Waals surface area contributed by atoms with E-state index in [2.05, 4.69) is 15.6 Å². The third-order valence-corrected chi connectivity index (χ3v) is 4.73. The smallest absolute Gasteiger partial charge is 0.287 e. The Morgan fingerprint density at radius 2 is 2.00 bits per heavy atom. The van der Waals surface area contributed by atoms with Gasteiger partial charge in [0.2, 0.25) is 0 Å². The van der Waals surface area contributed by atoms with E-state index in [0.717, 1.165) is 25.0 Å². The topological polar surface area (TPSA) is 94.5 Å². The Balaban J connectivity index is 1.92. The Hall–Kier alpha value is -3.03. The summed E-state index contributed by atoms with van der Waals surface area (Å²) < 4.78 is 12.4. The van der Waals surface area contributed by atoms with Crippen molar-refractivity contribution in [3.05, 3.63) is 35.4 Å². The maximum Gasteiger partial charge on any atom is 0.287 e. The molecule has 2 heterocycles. The van der Waals surface area contributed by atoms with Crippen molar-refractivity contribution in [3.63, 3.8) is 0 Å². The summed E-state index contributed by atoms with van der Waals surface area (Å²) in [5.41, 5.74) is 1.57. The number of carbonyl (C=O) groups excluding carboxylic acids is 2. The summed E-state index contributed by atoms with van der Waals surface area (Å²) >= 11 is 0. The van der Waals surface area contributed by atoms with Crippen LogP contribution >= 0.6 is 0 Å². The lowest BCUT2D eigenvalue weighted by Crippen LogP contribution is -2.28. The first-order valence-corrected chi connectivity index (χ1v) is 9.50. The maximum atomic E-state index is 13.0. The fourth-order valence-electron chi connectivity index (χ4n) is 3.31. The highest BCUT2D eigenvalue weighted by molar-refractivity contribution is 6.05. The number of nitrogens with one attached hydrogen (secondary N) is 2. The number of nitrogens with zero attached hydrogens (tertiary/aromatic N) is 2. The van der Waals surface area contributed by atoms with Crippen LogP contribution in [0, 0.1) is 0 Å². The monoisotopic (exact) mass is 386 g/mol. The van der Waals surface area contributed by atoms with Gasteiger partial charge in [-0.15, -0.1) is 0 Å². The molecule has 1 aliphatic heterocycles. The van der Waals surface area contributed by atoms with Crippen LogP contribution in [0.1, 0.15) is 53.0 Å². The molecule has 1 aromatic heterocycles. The lowest BCUT2D eigenvalue weighted by molar-refractivity contribution is 0.0937. The molecule has 2 N–H and O–H groups in total. The van der Waals surface area contributed by atoms with E-state index < -0.39 is 0 Å². The van der Waals surface area contributed by atoms with Gasteiger partial charge in [-0.2, -0.15) is 0 Å². The number of imidazole rings is 1. The van der Waals surface area contributed by atoms with Gasteiger partial charge < -0.3 is 24.7 Å². The number of benzene rings is 1. The Kier molecular flexibility index (Phi) is 6.18. The van der Waals surface area contributed by atoms with Gasteiger partial charge in [0, 0.05) is 19.2 Å². The van der Waals surface area contributed by atoms with Crippen LogP contribution in [0.4, 0.5) is 5.69 Å². The minimum Gasteiger partial charge on any atom is -0.497 e. The Morgan fingerprint density at radius 3 is 2.71 bits per heavy atom. The first kappa shape index (κ1) is 19.7. The predicted octanol–water partition coefficient (Wildman–Crippen LogP) is 2.63. The molecule has 28 heavy (non-hydrogen) atoms. The van der Waals surface area contributed by atoms with Crippen LogP contribution in [0.15, 0.2) is 18.2 Å². The van der Waals surface area contributed by atoms with Crippen molar-refractivity contribution in [2.75, 3.05) is 26.1 Å². The molecule has 1 aromatic carbocycles. The van der Waals surface area contributed by atoms with Crippen LogP contribution in [-0.4, -0.2) is 42.1 Å². The van der Waals surface area contributed by atoms with Gasteiger partial charge in [0.05, 0.1) is 25.6 Å². The second kappa shape index (κ2) is 8.77. The normalized spacial score (nSPS) is 12.8. The highest BCUT2D eigenvalue weighted by Gasteiger charge is 2.27. The SMILES string of the molecule is CCCNC(=O)c1nc(C(=O)Nc2cc(OC)ccc2OC)c2n1CCCC2. The standard InChI is InChI=1S/C20H26N4O4/c1-4-10-21-20(26)18-23-17(15-7-5-6-11-24(15)18)19(25)22-14-12-13(27-2)8-9-16(14)28-3/h8-9,12H,4-7,10-11H2,1-3H3,(H,21,26)(H,22,25). The van der Waals surface area contributed by atoms with E-state index in [1.54, 1.807) is 25.3 Å². The zero-order chi connectivity index (χ0) is 20.1. The Morgan fingerprint density at radius 1 is 1.18 bits per heavy atom. The fourth-order valence-corrected chi connectivity index (χ4v) is 3.31. The van der Waals surface area contributed by atoms with Crippen molar-refractivity contribution in [2.45, 2.75) is 39.2 Å². The van der Waals surface area contributed by atoms with Crippen molar-refractivity contribution < 1.29 is 19.1 Å². The zero-order valence-electron chi connectivity index (χ0n) is 16.5.